The van der Waals surface area contributed by atoms with Gasteiger partial charge in [-0.15, -0.1) is 10.2 Å². The Kier molecular flexibility index (Phi) is 3.57. The maximum absolute atomic E-state index is 4.21. The molecule has 0 bridgehead atoms. The van der Waals surface area contributed by atoms with Gasteiger partial charge < -0.3 is 4.57 Å². The average Bonchev–Trinajstić information content (AvgIpc) is 2.65. The van der Waals surface area contributed by atoms with Gasteiger partial charge in [0, 0.05) is 13.0 Å². The topological polar surface area (TPSA) is 30.7 Å². The first-order valence-electron chi connectivity index (χ1n) is 6.07. The average molecular weight is 229 g/mol. The largest absolute Gasteiger partial charge is 0.317 e. The van der Waals surface area contributed by atoms with Crippen molar-refractivity contribution in [2.45, 2.75) is 33.7 Å². The van der Waals surface area contributed by atoms with Gasteiger partial charge >= 0.3 is 0 Å². The summed E-state index contributed by atoms with van der Waals surface area (Å²) < 4.78 is 2.15. The van der Waals surface area contributed by atoms with Crippen molar-refractivity contribution in [2.24, 2.45) is 5.92 Å². The zero-order chi connectivity index (χ0) is 12.3. The molecule has 2 aromatic rings. The van der Waals surface area contributed by atoms with E-state index in [0.717, 1.165) is 18.8 Å². The summed E-state index contributed by atoms with van der Waals surface area (Å²) in [7, 11) is 0. The summed E-state index contributed by atoms with van der Waals surface area (Å²) >= 11 is 0. The number of nitrogens with zero attached hydrogens (tertiary/aromatic N) is 3. The number of aryl methyl sites for hydroxylation is 1. The number of hydrogen-bond acceptors (Lipinski definition) is 2. The van der Waals surface area contributed by atoms with Crippen LogP contribution in [0.3, 0.4) is 0 Å². The molecule has 1 aromatic carbocycles. The molecule has 0 aliphatic rings. The molecule has 3 nitrogen and oxygen atoms in total. The third-order valence-electron chi connectivity index (χ3n) is 2.70. The van der Waals surface area contributed by atoms with Gasteiger partial charge in [-0.1, -0.05) is 43.7 Å². The summed E-state index contributed by atoms with van der Waals surface area (Å²) in [5, 5.41) is 8.21. The van der Waals surface area contributed by atoms with Gasteiger partial charge in [-0.2, -0.15) is 0 Å². The molecule has 2 rings (SSSR count). The minimum atomic E-state index is 0.613. The Morgan fingerprint density at radius 3 is 2.82 bits per heavy atom. The molecule has 0 saturated heterocycles. The van der Waals surface area contributed by atoms with Crippen molar-refractivity contribution in [1.82, 2.24) is 14.8 Å². The van der Waals surface area contributed by atoms with E-state index in [9.17, 15) is 0 Å². The molecule has 0 saturated carbocycles. The second-order valence-corrected chi connectivity index (χ2v) is 4.96. The van der Waals surface area contributed by atoms with Crippen molar-refractivity contribution in [3.05, 3.63) is 47.5 Å². The van der Waals surface area contributed by atoms with Crippen LogP contribution in [0, 0.1) is 12.8 Å². The first-order chi connectivity index (χ1) is 8.15. The van der Waals surface area contributed by atoms with Crippen LogP contribution in [0.15, 0.2) is 30.6 Å². The highest BCUT2D eigenvalue weighted by Gasteiger charge is 2.06. The lowest BCUT2D eigenvalue weighted by Crippen LogP contribution is -2.08. The quantitative estimate of drug-likeness (QED) is 0.807. The predicted molar refractivity (Wildman–Crippen MR) is 68.8 cm³/mol. The van der Waals surface area contributed by atoms with Gasteiger partial charge in [-0.25, -0.2) is 0 Å². The Balaban J connectivity index is 2.16. The molecule has 1 heterocycles. The summed E-state index contributed by atoms with van der Waals surface area (Å²) in [5.41, 5.74) is 2.58. The fourth-order valence-corrected chi connectivity index (χ4v) is 1.97. The van der Waals surface area contributed by atoms with Crippen LogP contribution in [-0.4, -0.2) is 14.8 Å². The molecule has 0 amide bonds. The highest BCUT2D eigenvalue weighted by atomic mass is 15.3. The number of hydrogen-bond donors (Lipinski definition) is 0. The van der Waals surface area contributed by atoms with Crippen molar-refractivity contribution in [1.29, 1.82) is 0 Å². The molecule has 0 aliphatic heterocycles. The van der Waals surface area contributed by atoms with Crippen LogP contribution in [0.2, 0.25) is 0 Å². The molecule has 0 N–H and O–H groups in total. The van der Waals surface area contributed by atoms with Crippen LogP contribution < -0.4 is 0 Å². The van der Waals surface area contributed by atoms with E-state index in [1.165, 1.54) is 11.1 Å². The Labute approximate surface area is 103 Å². The van der Waals surface area contributed by atoms with E-state index in [1.54, 1.807) is 0 Å². The Hall–Kier alpha value is -1.64. The summed E-state index contributed by atoms with van der Waals surface area (Å²) in [4.78, 5) is 0. The van der Waals surface area contributed by atoms with Crippen LogP contribution in [0.4, 0.5) is 0 Å². The van der Waals surface area contributed by atoms with E-state index in [4.69, 9.17) is 0 Å². The molecule has 0 aliphatic carbocycles. The van der Waals surface area contributed by atoms with Gasteiger partial charge in [-0.3, -0.25) is 0 Å². The van der Waals surface area contributed by atoms with Gasteiger partial charge in [0.25, 0.3) is 0 Å². The lowest BCUT2D eigenvalue weighted by Gasteiger charge is -2.09. The van der Waals surface area contributed by atoms with Gasteiger partial charge in [0.1, 0.15) is 12.2 Å². The SMILES string of the molecule is Cc1cccc(Cc2nncn2CC(C)C)c1. The van der Waals surface area contributed by atoms with E-state index < -0.39 is 0 Å². The van der Waals surface area contributed by atoms with Gasteiger partial charge in [0.2, 0.25) is 0 Å². The Bertz CT molecular complexity index is 486. The first kappa shape index (κ1) is 11.8. The number of rotatable bonds is 4. The van der Waals surface area contributed by atoms with Crippen molar-refractivity contribution < 1.29 is 0 Å². The molecule has 0 atom stereocenters. The van der Waals surface area contributed by atoms with Crippen LogP contribution >= 0.6 is 0 Å². The molecular formula is C14H19N3. The lowest BCUT2D eigenvalue weighted by atomic mass is 10.1. The molecule has 0 unspecified atom stereocenters. The van der Waals surface area contributed by atoms with Crippen molar-refractivity contribution in [3.8, 4) is 0 Å². The normalized spacial score (nSPS) is 11.1. The van der Waals surface area contributed by atoms with Gasteiger partial charge in [0.05, 0.1) is 0 Å². The summed E-state index contributed by atoms with van der Waals surface area (Å²) in [5.74, 6) is 1.66. The molecule has 3 heteroatoms. The van der Waals surface area contributed by atoms with Crippen molar-refractivity contribution in [3.63, 3.8) is 0 Å². The zero-order valence-electron chi connectivity index (χ0n) is 10.7. The van der Waals surface area contributed by atoms with Crippen LogP contribution in [0.1, 0.15) is 30.8 Å². The second-order valence-electron chi connectivity index (χ2n) is 4.96. The smallest absolute Gasteiger partial charge is 0.137 e. The van der Waals surface area contributed by atoms with Gasteiger partial charge in [0.15, 0.2) is 0 Å². The molecule has 0 fully saturated rings. The number of aromatic nitrogens is 3. The van der Waals surface area contributed by atoms with Crippen molar-refractivity contribution in [2.75, 3.05) is 0 Å². The maximum Gasteiger partial charge on any atom is 0.137 e. The van der Waals surface area contributed by atoms with Crippen molar-refractivity contribution >= 4 is 0 Å². The van der Waals surface area contributed by atoms with Crippen LogP contribution in [0.5, 0.6) is 0 Å². The summed E-state index contributed by atoms with van der Waals surface area (Å²) in [6, 6.07) is 8.55. The van der Waals surface area contributed by atoms with E-state index in [-0.39, 0.29) is 0 Å². The Morgan fingerprint density at radius 2 is 2.12 bits per heavy atom. The minimum absolute atomic E-state index is 0.613. The van der Waals surface area contributed by atoms with Crippen LogP contribution in [-0.2, 0) is 13.0 Å². The van der Waals surface area contributed by atoms with Crippen LogP contribution in [0.25, 0.3) is 0 Å². The second kappa shape index (κ2) is 5.13. The van der Waals surface area contributed by atoms with E-state index in [0.29, 0.717) is 5.92 Å². The third-order valence-corrected chi connectivity index (χ3v) is 2.70. The predicted octanol–water partition coefficient (Wildman–Crippen LogP) is 2.83. The third kappa shape index (κ3) is 3.16. The standard InChI is InChI=1S/C14H19N3/c1-11(2)9-17-10-15-16-14(17)8-13-6-4-5-12(3)7-13/h4-7,10-11H,8-9H2,1-3H3. The molecule has 0 radical (unpaired) electrons. The van der Waals surface area contributed by atoms with E-state index in [2.05, 4.69) is 59.8 Å². The molecular weight excluding hydrogens is 210 g/mol. The van der Waals surface area contributed by atoms with Gasteiger partial charge in [-0.05, 0) is 18.4 Å². The summed E-state index contributed by atoms with van der Waals surface area (Å²) in [6.45, 7) is 7.50. The fourth-order valence-electron chi connectivity index (χ4n) is 1.97. The zero-order valence-corrected chi connectivity index (χ0v) is 10.7. The lowest BCUT2D eigenvalue weighted by molar-refractivity contribution is 0.509. The molecule has 90 valence electrons. The highest BCUT2D eigenvalue weighted by Crippen LogP contribution is 2.10. The molecule has 0 spiro atoms. The molecule has 17 heavy (non-hydrogen) atoms. The highest BCUT2D eigenvalue weighted by molar-refractivity contribution is 5.24. The van der Waals surface area contributed by atoms with E-state index in [1.807, 2.05) is 6.33 Å². The van der Waals surface area contributed by atoms with E-state index >= 15 is 0 Å². The fraction of sp³-hybridized carbons (Fsp3) is 0.429. The first-order valence-corrected chi connectivity index (χ1v) is 6.07. The number of benzene rings is 1. The maximum atomic E-state index is 4.21. The monoisotopic (exact) mass is 229 g/mol. The Morgan fingerprint density at radius 1 is 1.29 bits per heavy atom. The summed E-state index contributed by atoms with van der Waals surface area (Å²) in [6.07, 6.45) is 2.68. The minimum Gasteiger partial charge on any atom is -0.317 e. The molecule has 1 aromatic heterocycles.